The number of aromatic hydroxyl groups is 1. The van der Waals surface area contributed by atoms with E-state index < -0.39 is 0 Å². The van der Waals surface area contributed by atoms with Gasteiger partial charge in [0.15, 0.2) is 0 Å². The molecule has 2 atom stereocenters. The number of hydrogen-bond acceptors (Lipinski definition) is 3. The van der Waals surface area contributed by atoms with Crippen LogP contribution >= 0.6 is 0 Å². The molecule has 118 valence electrons. The third-order valence-corrected chi connectivity index (χ3v) is 5.93. The molecule has 0 saturated carbocycles. The van der Waals surface area contributed by atoms with Gasteiger partial charge in [-0.2, -0.15) is 0 Å². The minimum atomic E-state index is -0.0453. The Bertz CT molecular complexity index is 702. The van der Waals surface area contributed by atoms with Gasteiger partial charge in [0.2, 0.25) is 0 Å². The average molecular weight is 300 g/mol. The molecule has 0 radical (unpaired) electrons. The van der Waals surface area contributed by atoms with Crippen molar-refractivity contribution < 1.29 is 10.2 Å². The quantitative estimate of drug-likeness (QED) is 0.799. The van der Waals surface area contributed by atoms with E-state index in [1.54, 1.807) is 6.07 Å². The molecule has 1 saturated heterocycles. The summed E-state index contributed by atoms with van der Waals surface area (Å²) < 4.78 is 0. The molecule has 0 bridgehead atoms. The molecule has 1 aromatic carbocycles. The molecule has 4 heteroatoms. The highest BCUT2D eigenvalue weighted by Gasteiger charge is 2.47. The van der Waals surface area contributed by atoms with E-state index in [0.29, 0.717) is 5.75 Å². The van der Waals surface area contributed by atoms with Gasteiger partial charge in [-0.25, -0.2) is 0 Å². The molecule has 1 aromatic heterocycles. The van der Waals surface area contributed by atoms with Gasteiger partial charge < -0.3 is 15.2 Å². The van der Waals surface area contributed by atoms with Crippen molar-refractivity contribution >= 4 is 10.9 Å². The van der Waals surface area contributed by atoms with Gasteiger partial charge in [-0.3, -0.25) is 4.90 Å². The summed E-state index contributed by atoms with van der Waals surface area (Å²) in [6.45, 7) is 4.60. The van der Waals surface area contributed by atoms with Crippen molar-refractivity contribution in [1.29, 1.82) is 0 Å². The number of H-pyrrole nitrogens is 1. The van der Waals surface area contributed by atoms with E-state index in [-0.39, 0.29) is 18.1 Å². The maximum atomic E-state index is 10.1. The average Bonchev–Trinajstić information content (AvgIpc) is 2.92. The zero-order valence-electron chi connectivity index (χ0n) is 13.1. The number of phenolic OH excluding ortho intramolecular Hbond substituents is 1. The number of rotatable bonds is 2. The van der Waals surface area contributed by atoms with Crippen molar-refractivity contribution in [3.63, 3.8) is 0 Å². The highest BCUT2D eigenvalue weighted by molar-refractivity contribution is 5.86. The Balaban J connectivity index is 1.91. The lowest BCUT2D eigenvalue weighted by Crippen LogP contribution is -2.50. The number of fused-ring (bicyclic) bond motifs is 5. The molecule has 22 heavy (non-hydrogen) atoms. The molecule has 3 heterocycles. The summed E-state index contributed by atoms with van der Waals surface area (Å²) in [5, 5.41) is 21.1. The van der Waals surface area contributed by atoms with Crippen LogP contribution in [0.4, 0.5) is 0 Å². The molecule has 1 fully saturated rings. The molecule has 0 aliphatic carbocycles. The van der Waals surface area contributed by atoms with Crippen LogP contribution in [-0.2, 0) is 6.42 Å². The number of benzene rings is 1. The maximum Gasteiger partial charge on any atom is 0.116 e. The first kappa shape index (κ1) is 14.1. The minimum absolute atomic E-state index is 0.0453. The molecule has 4 nitrogen and oxygen atoms in total. The summed E-state index contributed by atoms with van der Waals surface area (Å²) >= 11 is 0. The number of aromatic amines is 1. The van der Waals surface area contributed by atoms with Crippen LogP contribution in [-0.4, -0.2) is 39.8 Å². The zero-order chi connectivity index (χ0) is 15.3. The molecule has 2 aromatic rings. The fourth-order valence-corrected chi connectivity index (χ4v) is 4.68. The zero-order valence-corrected chi connectivity index (χ0v) is 13.1. The number of hydrogen-bond donors (Lipinski definition) is 3. The minimum Gasteiger partial charge on any atom is -0.508 e. The van der Waals surface area contributed by atoms with Crippen LogP contribution in [0.25, 0.3) is 10.9 Å². The first-order valence-corrected chi connectivity index (χ1v) is 8.37. The van der Waals surface area contributed by atoms with Gasteiger partial charge in [-0.1, -0.05) is 6.92 Å². The normalized spacial score (nSPS) is 28.5. The van der Waals surface area contributed by atoms with Gasteiger partial charge in [0.05, 0.1) is 12.6 Å². The Morgan fingerprint density at radius 2 is 2.23 bits per heavy atom. The summed E-state index contributed by atoms with van der Waals surface area (Å²) in [5.41, 5.74) is 3.65. The molecule has 0 amide bonds. The Hall–Kier alpha value is -1.52. The summed E-state index contributed by atoms with van der Waals surface area (Å²) in [7, 11) is 0. The van der Waals surface area contributed by atoms with E-state index in [0.717, 1.165) is 43.3 Å². The largest absolute Gasteiger partial charge is 0.508 e. The number of nitrogens with zero attached hydrogens (tertiary/aromatic N) is 1. The first-order chi connectivity index (χ1) is 10.7. The predicted octanol–water partition coefficient (Wildman–Crippen LogP) is 2.96. The van der Waals surface area contributed by atoms with E-state index in [2.05, 4.69) is 16.8 Å². The number of piperidine rings is 1. The lowest BCUT2D eigenvalue weighted by molar-refractivity contribution is -0.0379. The topological polar surface area (TPSA) is 59.5 Å². The van der Waals surface area contributed by atoms with Crippen molar-refractivity contribution in [3.05, 3.63) is 29.5 Å². The van der Waals surface area contributed by atoms with E-state index in [1.165, 1.54) is 17.7 Å². The highest BCUT2D eigenvalue weighted by atomic mass is 16.3. The Labute approximate surface area is 130 Å². The van der Waals surface area contributed by atoms with E-state index in [9.17, 15) is 10.2 Å². The lowest BCUT2D eigenvalue weighted by Gasteiger charge is -2.51. The van der Waals surface area contributed by atoms with Gasteiger partial charge in [-0.15, -0.1) is 0 Å². The Morgan fingerprint density at radius 1 is 1.36 bits per heavy atom. The maximum absolute atomic E-state index is 10.1. The van der Waals surface area contributed by atoms with Crippen LogP contribution in [0, 0.1) is 5.41 Å². The van der Waals surface area contributed by atoms with Crippen molar-refractivity contribution in [1.82, 2.24) is 9.88 Å². The smallest absolute Gasteiger partial charge is 0.116 e. The number of aliphatic hydroxyl groups is 1. The second kappa shape index (κ2) is 5.00. The molecule has 0 spiro atoms. The van der Waals surface area contributed by atoms with Crippen LogP contribution < -0.4 is 0 Å². The molecule has 2 aliphatic heterocycles. The van der Waals surface area contributed by atoms with Crippen LogP contribution in [0.3, 0.4) is 0 Å². The lowest BCUT2D eigenvalue weighted by atomic mass is 9.68. The summed E-state index contributed by atoms with van der Waals surface area (Å²) in [4.78, 5) is 6.14. The fraction of sp³-hybridized carbons (Fsp3) is 0.556. The van der Waals surface area contributed by atoms with Crippen LogP contribution in [0.1, 0.15) is 43.5 Å². The Morgan fingerprint density at radius 3 is 3.00 bits per heavy atom. The number of aromatic nitrogens is 1. The first-order valence-electron chi connectivity index (χ1n) is 8.37. The number of nitrogens with one attached hydrogen (secondary N) is 1. The molecule has 3 N–H and O–H groups in total. The van der Waals surface area contributed by atoms with Crippen LogP contribution in [0.15, 0.2) is 18.2 Å². The molecule has 0 unspecified atom stereocenters. The van der Waals surface area contributed by atoms with Crippen molar-refractivity contribution in [2.24, 2.45) is 5.41 Å². The number of phenols is 1. The second-order valence-electron chi connectivity index (χ2n) is 6.91. The molecule has 4 rings (SSSR count). The van der Waals surface area contributed by atoms with Gasteiger partial charge >= 0.3 is 0 Å². The van der Waals surface area contributed by atoms with E-state index in [4.69, 9.17) is 0 Å². The Kier molecular flexibility index (Phi) is 3.20. The second-order valence-corrected chi connectivity index (χ2v) is 6.91. The third kappa shape index (κ3) is 1.83. The van der Waals surface area contributed by atoms with Crippen LogP contribution in [0.5, 0.6) is 5.75 Å². The van der Waals surface area contributed by atoms with Crippen molar-refractivity contribution in [2.45, 2.75) is 38.6 Å². The standard InChI is InChI=1S/C18H24N2O2/c1-2-18(11-21)7-3-8-20-9-6-13-14-10-12(22)4-5-15(14)19-16(13)17(18)20/h4-5,10,17,19,21-22H,2-3,6-9,11H2,1H3/t17-,18-/m1/s1. The van der Waals surface area contributed by atoms with Crippen LogP contribution in [0.2, 0.25) is 0 Å². The highest BCUT2D eigenvalue weighted by Crippen LogP contribution is 2.51. The monoisotopic (exact) mass is 300 g/mol. The molecule has 2 aliphatic rings. The third-order valence-electron chi connectivity index (χ3n) is 5.93. The van der Waals surface area contributed by atoms with E-state index >= 15 is 0 Å². The van der Waals surface area contributed by atoms with Gasteiger partial charge in [0.1, 0.15) is 5.75 Å². The van der Waals surface area contributed by atoms with Gasteiger partial charge in [-0.05, 0) is 56.0 Å². The molecular weight excluding hydrogens is 276 g/mol. The summed E-state index contributed by atoms with van der Waals surface area (Å²) in [5.74, 6) is 0.323. The van der Waals surface area contributed by atoms with E-state index in [1.807, 2.05) is 12.1 Å². The van der Waals surface area contributed by atoms with Crippen molar-refractivity contribution in [2.75, 3.05) is 19.7 Å². The summed E-state index contributed by atoms with van der Waals surface area (Å²) in [6, 6.07) is 5.84. The predicted molar refractivity (Wildman–Crippen MR) is 87.0 cm³/mol. The number of aliphatic hydroxyl groups excluding tert-OH is 1. The fourth-order valence-electron chi connectivity index (χ4n) is 4.68. The summed E-state index contributed by atoms with van der Waals surface area (Å²) in [6.07, 6.45) is 4.26. The molecular formula is C18H24N2O2. The van der Waals surface area contributed by atoms with Crippen molar-refractivity contribution in [3.8, 4) is 5.75 Å². The van der Waals surface area contributed by atoms with Gasteiger partial charge in [0.25, 0.3) is 0 Å². The van der Waals surface area contributed by atoms with Gasteiger partial charge in [0, 0.05) is 28.6 Å². The SMILES string of the molecule is CC[C@]1(CO)CCCN2CCc3c([nH]c4ccc(O)cc34)[C@@H]21.